The molecular formula is C14H21Cl2N. The first-order valence-electron chi connectivity index (χ1n) is 6.19. The zero-order valence-electron chi connectivity index (χ0n) is 10.4. The highest BCUT2D eigenvalue weighted by Crippen LogP contribution is 2.25. The van der Waals surface area contributed by atoms with Crippen molar-refractivity contribution in [1.82, 2.24) is 4.90 Å². The van der Waals surface area contributed by atoms with Crippen molar-refractivity contribution in [2.45, 2.75) is 31.6 Å². The van der Waals surface area contributed by atoms with Crippen molar-refractivity contribution in [2.75, 3.05) is 19.6 Å². The van der Waals surface area contributed by atoms with Gasteiger partial charge in [-0.3, -0.25) is 0 Å². The Morgan fingerprint density at radius 2 is 1.82 bits per heavy atom. The maximum Gasteiger partial charge on any atom is 0.0714 e. The Bertz CT molecular complexity index is 335. The average Bonchev–Trinajstić information content (AvgIpc) is 2.31. The van der Waals surface area contributed by atoms with Crippen LogP contribution in [0, 0.1) is 6.92 Å². The molecule has 1 unspecified atom stereocenters. The van der Waals surface area contributed by atoms with Gasteiger partial charge in [-0.05, 0) is 44.0 Å². The highest BCUT2D eigenvalue weighted by Gasteiger charge is 2.16. The van der Waals surface area contributed by atoms with E-state index >= 15 is 0 Å². The Balaban J connectivity index is 0.00000144. The zero-order valence-corrected chi connectivity index (χ0v) is 11.9. The summed E-state index contributed by atoms with van der Waals surface area (Å²) in [5.74, 6) is 0. The van der Waals surface area contributed by atoms with E-state index in [2.05, 4.69) is 36.1 Å². The van der Waals surface area contributed by atoms with Crippen LogP contribution >= 0.6 is 24.0 Å². The Morgan fingerprint density at radius 3 is 2.47 bits per heavy atom. The van der Waals surface area contributed by atoms with Gasteiger partial charge in [0.05, 0.1) is 5.38 Å². The fourth-order valence-electron chi connectivity index (χ4n) is 2.41. The molecule has 0 bridgehead atoms. The predicted octanol–water partition coefficient (Wildman–Crippen LogP) is 4.18. The predicted molar refractivity (Wildman–Crippen MR) is 77.3 cm³/mol. The number of aryl methyl sites for hydroxylation is 1. The highest BCUT2D eigenvalue weighted by molar-refractivity contribution is 6.21. The molecule has 1 saturated heterocycles. The maximum absolute atomic E-state index is 6.50. The number of rotatable bonds is 3. The van der Waals surface area contributed by atoms with E-state index in [-0.39, 0.29) is 17.8 Å². The van der Waals surface area contributed by atoms with Crippen LogP contribution in [0.25, 0.3) is 0 Å². The molecule has 17 heavy (non-hydrogen) atoms. The van der Waals surface area contributed by atoms with Crippen LogP contribution in [-0.4, -0.2) is 24.5 Å². The van der Waals surface area contributed by atoms with Gasteiger partial charge in [0.25, 0.3) is 0 Å². The zero-order chi connectivity index (χ0) is 11.4. The van der Waals surface area contributed by atoms with Gasteiger partial charge in [0, 0.05) is 6.54 Å². The van der Waals surface area contributed by atoms with Gasteiger partial charge >= 0.3 is 0 Å². The minimum atomic E-state index is 0. The Morgan fingerprint density at radius 1 is 1.18 bits per heavy atom. The highest BCUT2D eigenvalue weighted by atomic mass is 35.5. The van der Waals surface area contributed by atoms with E-state index in [0.717, 1.165) is 6.54 Å². The van der Waals surface area contributed by atoms with Crippen LogP contribution in [0.1, 0.15) is 35.8 Å². The summed E-state index contributed by atoms with van der Waals surface area (Å²) in [4.78, 5) is 2.49. The molecule has 1 nitrogen and oxygen atoms in total. The van der Waals surface area contributed by atoms with Gasteiger partial charge in [-0.2, -0.15) is 0 Å². The summed E-state index contributed by atoms with van der Waals surface area (Å²) in [5, 5.41) is 0.138. The fraction of sp³-hybridized carbons (Fsp3) is 0.571. The molecule has 1 aliphatic heterocycles. The van der Waals surface area contributed by atoms with Crippen LogP contribution in [-0.2, 0) is 0 Å². The smallest absolute Gasteiger partial charge is 0.0714 e. The lowest BCUT2D eigenvalue weighted by Gasteiger charge is -2.28. The Hall–Kier alpha value is -0.240. The number of alkyl halides is 1. The average molecular weight is 274 g/mol. The summed E-state index contributed by atoms with van der Waals surface area (Å²) in [5.41, 5.74) is 2.59. The summed E-state index contributed by atoms with van der Waals surface area (Å²) in [6.45, 7) is 5.57. The number of benzene rings is 1. The van der Waals surface area contributed by atoms with Gasteiger partial charge in [-0.1, -0.05) is 30.7 Å². The molecule has 1 fully saturated rings. The molecule has 0 N–H and O–H groups in total. The third-order valence-corrected chi connectivity index (χ3v) is 3.77. The molecule has 0 aliphatic carbocycles. The van der Waals surface area contributed by atoms with Crippen molar-refractivity contribution in [3.05, 3.63) is 35.4 Å². The molecule has 1 aromatic carbocycles. The number of likely N-dealkylation sites (tertiary alicyclic amines) is 1. The number of nitrogens with zero attached hydrogens (tertiary/aromatic N) is 1. The van der Waals surface area contributed by atoms with Crippen LogP contribution in [0.5, 0.6) is 0 Å². The van der Waals surface area contributed by atoms with Gasteiger partial charge in [0.1, 0.15) is 0 Å². The molecule has 1 aromatic rings. The van der Waals surface area contributed by atoms with Gasteiger partial charge in [0.15, 0.2) is 0 Å². The summed E-state index contributed by atoms with van der Waals surface area (Å²) >= 11 is 6.50. The van der Waals surface area contributed by atoms with Gasteiger partial charge < -0.3 is 4.90 Å². The van der Waals surface area contributed by atoms with Crippen molar-refractivity contribution in [3.8, 4) is 0 Å². The van der Waals surface area contributed by atoms with Gasteiger partial charge in [-0.25, -0.2) is 0 Å². The number of halogens is 2. The van der Waals surface area contributed by atoms with E-state index in [1.165, 1.54) is 43.5 Å². The molecule has 0 amide bonds. The molecule has 0 saturated carbocycles. The van der Waals surface area contributed by atoms with E-state index in [9.17, 15) is 0 Å². The van der Waals surface area contributed by atoms with Crippen molar-refractivity contribution in [3.63, 3.8) is 0 Å². The topological polar surface area (TPSA) is 3.24 Å². The molecule has 0 aromatic heterocycles. The van der Waals surface area contributed by atoms with Crippen molar-refractivity contribution >= 4 is 24.0 Å². The standard InChI is InChI=1S/C14H20ClN.ClH/c1-12-7-3-4-8-13(12)14(15)11-16-9-5-2-6-10-16;/h3-4,7-8,14H,2,5-6,9-11H2,1H3;1H. The van der Waals surface area contributed by atoms with Gasteiger partial charge in [0.2, 0.25) is 0 Å². The second-order valence-corrected chi connectivity index (χ2v) is 5.21. The first-order valence-corrected chi connectivity index (χ1v) is 6.63. The van der Waals surface area contributed by atoms with Crippen LogP contribution in [0.4, 0.5) is 0 Å². The molecule has 0 spiro atoms. The van der Waals surface area contributed by atoms with E-state index in [0.29, 0.717) is 0 Å². The molecular weight excluding hydrogens is 253 g/mol. The second-order valence-electron chi connectivity index (χ2n) is 4.69. The minimum absolute atomic E-state index is 0. The maximum atomic E-state index is 6.50. The fourth-order valence-corrected chi connectivity index (χ4v) is 2.85. The van der Waals surface area contributed by atoms with Crippen LogP contribution < -0.4 is 0 Å². The van der Waals surface area contributed by atoms with Crippen molar-refractivity contribution in [1.29, 1.82) is 0 Å². The summed E-state index contributed by atoms with van der Waals surface area (Å²) in [7, 11) is 0. The first kappa shape index (κ1) is 14.8. The Kier molecular flexibility index (Phi) is 6.32. The molecule has 2 rings (SSSR count). The summed E-state index contributed by atoms with van der Waals surface area (Å²) < 4.78 is 0. The summed E-state index contributed by atoms with van der Waals surface area (Å²) in [6.07, 6.45) is 4.04. The van der Waals surface area contributed by atoms with Gasteiger partial charge in [-0.15, -0.1) is 24.0 Å². The van der Waals surface area contributed by atoms with Crippen LogP contribution in [0.15, 0.2) is 24.3 Å². The molecule has 0 radical (unpaired) electrons. The normalized spacial score (nSPS) is 18.5. The largest absolute Gasteiger partial charge is 0.302 e. The number of hydrogen-bond donors (Lipinski definition) is 0. The van der Waals surface area contributed by atoms with Crippen LogP contribution in [0.2, 0.25) is 0 Å². The monoisotopic (exact) mass is 273 g/mol. The quantitative estimate of drug-likeness (QED) is 0.747. The third kappa shape index (κ3) is 4.17. The first-order chi connectivity index (χ1) is 7.77. The molecule has 1 atom stereocenters. The van der Waals surface area contributed by atoms with Crippen molar-refractivity contribution in [2.24, 2.45) is 0 Å². The van der Waals surface area contributed by atoms with E-state index in [4.69, 9.17) is 11.6 Å². The van der Waals surface area contributed by atoms with Crippen LogP contribution in [0.3, 0.4) is 0 Å². The minimum Gasteiger partial charge on any atom is -0.302 e. The molecule has 1 aliphatic rings. The second kappa shape index (κ2) is 7.25. The lowest BCUT2D eigenvalue weighted by atomic mass is 10.0. The van der Waals surface area contributed by atoms with E-state index < -0.39 is 0 Å². The molecule has 96 valence electrons. The number of piperidine rings is 1. The number of hydrogen-bond acceptors (Lipinski definition) is 1. The lowest BCUT2D eigenvalue weighted by Crippen LogP contribution is -2.32. The van der Waals surface area contributed by atoms with E-state index in [1.807, 2.05) is 0 Å². The summed E-state index contributed by atoms with van der Waals surface area (Å²) in [6, 6.07) is 8.44. The lowest BCUT2D eigenvalue weighted by molar-refractivity contribution is 0.229. The third-order valence-electron chi connectivity index (χ3n) is 3.39. The Labute approximate surface area is 116 Å². The molecule has 1 heterocycles. The van der Waals surface area contributed by atoms with Crippen molar-refractivity contribution < 1.29 is 0 Å². The molecule has 3 heteroatoms. The SMILES string of the molecule is Cc1ccccc1C(Cl)CN1CCCCC1.Cl. The van der Waals surface area contributed by atoms with E-state index in [1.54, 1.807) is 0 Å².